The van der Waals surface area contributed by atoms with Gasteiger partial charge in [-0.1, -0.05) is 18.2 Å². The number of H-pyrrole nitrogens is 1. The van der Waals surface area contributed by atoms with Crippen LogP contribution < -0.4 is 10.3 Å². The van der Waals surface area contributed by atoms with Crippen LogP contribution in [-0.4, -0.2) is 45.2 Å². The molecule has 1 amide bonds. The summed E-state index contributed by atoms with van der Waals surface area (Å²) in [4.78, 5) is 27.9. The lowest BCUT2D eigenvalue weighted by Crippen LogP contribution is -2.42. The van der Waals surface area contributed by atoms with E-state index in [9.17, 15) is 9.59 Å². The van der Waals surface area contributed by atoms with Crippen LogP contribution in [0.5, 0.6) is 5.88 Å². The number of aromatic amines is 1. The Morgan fingerprint density at radius 3 is 2.73 bits per heavy atom. The maximum atomic E-state index is 12.5. The number of likely N-dealkylation sites (tertiary alicyclic amines) is 1. The van der Waals surface area contributed by atoms with E-state index in [0.717, 1.165) is 23.6 Å². The summed E-state index contributed by atoms with van der Waals surface area (Å²) in [6, 6.07) is 10.8. The fourth-order valence-electron chi connectivity index (χ4n) is 3.15. The van der Waals surface area contributed by atoms with Gasteiger partial charge in [-0.2, -0.15) is 5.10 Å². The summed E-state index contributed by atoms with van der Waals surface area (Å²) in [5, 5.41) is 10.1. The number of nitrogens with one attached hydrogen (secondary N) is 1. The summed E-state index contributed by atoms with van der Waals surface area (Å²) in [5.74, 6) is 0.457. The van der Waals surface area contributed by atoms with Crippen LogP contribution in [0, 0.1) is 0 Å². The molecule has 7 nitrogen and oxygen atoms in total. The number of carbonyl (C=O) groups is 1. The van der Waals surface area contributed by atoms with Gasteiger partial charge in [-0.15, -0.1) is 5.10 Å². The van der Waals surface area contributed by atoms with Crippen molar-refractivity contribution in [1.29, 1.82) is 0 Å². The Hall–Kier alpha value is -3.22. The molecule has 0 bridgehead atoms. The van der Waals surface area contributed by atoms with E-state index < -0.39 is 0 Å². The second-order valence-electron chi connectivity index (χ2n) is 6.29. The number of hydrogen-bond donors (Lipinski definition) is 1. The van der Waals surface area contributed by atoms with Crippen molar-refractivity contribution in [3.63, 3.8) is 0 Å². The molecule has 0 atom stereocenters. The first-order valence-electron chi connectivity index (χ1n) is 8.56. The molecule has 0 aliphatic carbocycles. The van der Waals surface area contributed by atoms with Crippen molar-refractivity contribution >= 4 is 16.7 Å². The molecule has 1 aliphatic rings. The highest BCUT2D eigenvalue weighted by Gasteiger charge is 2.25. The SMILES string of the molecule is O=C(c1ccc(=O)[nH]c1)N1CCC(Oc2nncc3ccccc23)CC1. The number of carbonyl (C=O) groups excluding carboxylic acids is 1. The Kier molecular flexibility index (Phi) is 4.35. The summed E-state index contributed by atoms with van der Waals surface area (Å²) >= 11 is 0. The van der Waals surface area contributed by atoms with E-state index in [0.29, 0.717) is 24.5 Å². The number of aromatic nitrogens is 3. The van der Waals surface area contributed by atoms with Gasteiger partial charge in [0.15, 0.2) is 0 Å². The fourth-order valence-corrected chi connectivity index (χ4v) is 3.15. The van der Waals surface area contributed by atoms with Gasteiger partial charge >= 0.3 is 0 Å². The van der Waals surface area contributed by atoms with Crippen molar-refractivity contribution in [2.45, 2.75) is 18.9 Å². The number of ether oxygens (including phenoxy) is 1. The van der Waals surface area contributed by atoms with Gasteiger partial charge in [-0.05, 0) is 12.1 Å². The third-order valence-corrected chi connectivity index (χ3v) is 4.58. The van der Waals surface area contributed by atoms with Gasteiger partial charge in [0.1, 0.15) is 6.10 Å². The largest absolute Gasteiger partial charge is 0.473 e. The zero-order valence-electron chi connectivity index (χ0n) is 14.1. The van der Waals surface area contributed by atoms with Crippen LogP contribution in [0.1, 0.15) is 23.2 Å². The van der Waals surface area contributed by atoms with Crippen LogP contribution in [0.2, 0.25) is 0 Å². The van der Waals surface area contributed by atoms with Crippen molar-refractivity contribution in [3.05, 3.63) is 64.7 Å². The molecule has 2 aromatic heterocycles. The molecule has 7 heteroatoms. The summed E-state index contributed by atoms with van der Waals surface area (Å²) in [7, 11) is 0. The maximum Gasteiger partial charge on any atom is 0.255 e. The summed E-state index contributed by atoms with van der Waals surface area (Å²) < 4.78 is 6.06. The lowest BCUT2D eigenvalue weighted by molar-refractivity contribution is 0.0588. The average Bonchev–Trinajstić information content (AvgIpc) is 2.69. The number of nitrogens with zero attached hydrogens (tertiary/aromatic N) is 3. The van der Waals surface area contributed by atoms with E-state index in [4.69, 9.17) is 4.74 Å². The molecule has 26 heavy (non-hydrogen) atoms. The first kappa shape index (κ1) is 16.3. The van der Waals surface area contributed by atoms with Gasteiger partial charge in [0, 0.05) is 49.0 Å². The van der Waals surface area contributed by atoms with E-state index in [1.807, 2.05) is 24.3 Å². The van der Waals surface area contributed by atoms with Gasteiger partial charge in [0.05, 0.1) is 11.8 Å². The van der Waals surface area contributed by atoms with Gasteiger partial charge in [0.25, 0.3) is 5.91 Å². The van der Waals surface area contributed by atoms with E-state index in [1.54, 1.807) is 17.2 Å². The molecule has 1 aliphatic heterocycles. The van der Waals surface area contributed by atoms with Crippen LogP contribution in [0.3, 0.4) is 0 Å². The standard InChI is InChI=1S/C19H18N4O3/c24-17-6-5-14(11-20-17)19(25)23-9-7-15(8-10-23)26-18-16-4-2-1-3-13(16)12-21-22-18/h1-6,11-12,15H,7-10H2,(H,20,24). The smallest absolute Gasteiger partial charge is 0.255 e. The molecule has 1 N–H and O–H groups in total. The number of fused-ring (bicyclic) bond motifs is 1. The van der Waals surface area contributed by atoms with Crippen molar-refractivity contribution < 1.29 is 9.53 Å². The Bertz CT molecular complexity index is 967. The summed E-state index contributed by atoms with van der Waals surface area (Å²) in [5.41, 5.74) is 0.272. The molecule has 0 unspecified atom stereocenters. The lowest BCUT2D eigenvalue weighted by atomic mass is 10.1. The minimum absolute atomic E-state index is 0.00487. The van der Waals surface area contributed by atoms with Gasteiger partial charge in [0.2, 0.25) is 11.4 Å². The van der Waals surface area contributed by atoms with Crippen molar-refractivity contribution in [2.24, 2.45) is 0 Å². The second-order valence-corrected chi connectivity index (χ2v) is 6.29. The number of piperidine rings is 1. The average molecular weight is 350 g/mol. The van der Waals surface area contributed by atoms with Crippen molar-refractivity contribution in [1.82, 2.24) is 20.1 Å². The van der Waals surface area contributed by atoms with Crippen LogP contribution in [0.15, 0.2) is 53.6 Å². The third kappa shape index (κ3) is 3.28. The van der Waals surface area contributed by atoms with Crippen LogP contribution >= 0.6 is 0 Å². The lowest BCUT2D eigenvalue weighted by Gasteiger charge is -2.32. The van der Waals surface area contributed by atoms with Crippen LogP contribution in [0.4, 0.5) is 0 Å². The normalized spacial score (nSPS) is 15.2. The summed E-state index contributed by atoms with van der Waals surface area (Å²) in [6.07, 6.45) is 4.61. The first-order valence-corrected chi connectivity index (χ1v) is 8.56. The van der Waals surface area contributed by atoms with E-state index in [1.165, 1.54) is 12.3 Å². The predicted molar refractivity (Wildman–Crippen MR) is 96.2 cm³/mol. The Morgan fingerprint density at radius 1 is 1.15 bits per heavy atom. The number of pyridine rings is 1. The number of amides is 1. The molecule has 0 saturated carbocycles. The molecular weight excluding hydrogens is 332 g/mol. The number of benzene rings is 1. The molecule has 0 radical (unpaired) electrons. The number of rotatable bonds is 3. The monoisotopic (exact) mass is 350 g/mol. The highest BCUT2D eigenvalue weighted by atomic mass is 16.5. The zero-order valence-corrected chi connectivity index (χ0v) is 14.1. The van der Waals surface area contributed by atoms with Crippen LogP contribution in [0.25, 0.3) is 10.8 Å². The zero-order chi connectivity index (χ0) is 17.9. The minimum Gasteiger partial charge on any atom is -0.473 e. The molecule has 4 rings (SSSR count). The number of hydrogen-bond acceptors (Lipinski definition) is 5. The molecule has 1 saturated heterocycles. The van der Waals surface area contributed by atoms with Crippen LogP contribution in [-0.2, 0) is 0 Å². The molecular formula is C19H18N4O3. The molecule has 3 aromatic rings. The molecule has 1 aromatic carbocycles. The van der Waals surface area contributed by atoms with Crippen molar-refractivity contribution in [3.8, 4) is 5.88 Å². The quantitative estimate of drug-likeness (QED) is 0.780. The third-order valence-electron chi connectivity index (χ3n) is 4.58. The Labute approximate surface area is 149 Å². The van der Waals surface area contributed by atoms with Crippen molar-refractivity contribution in [2.75, 3.05) is 13.1 Å². The second kappa shape index (κ2) is 6.95. The molecule has 1 fully saturated rings. The maximum absolute atomic E-state index is 12.5. The predicted octanol–water partition coefficient (Wildman–Crippen LogP) is 2.00. The van der Waals surface area contributed by atoms with E-state index >= 15 is 0 Å². The molecule has 0 spiro atoms. The molecule has 3 heterocycles. The molecule has 132 valence electrons. The minimum atomic E-state index is -0.218. The fraction of sp³-hybridized carbons (Fsp3) is 0.263. The Balaban J connectivity index is 1.41. The van der Waals surface area contributed by atoms with E-state index in [2.05, 4.69) is 15.2 Å². The first-order chi connectivity index (χ1) is 12.7. The summed E-state index contributed by atoms with van der Waals surface area (Å²) in [6.45, 7) is 1.20. The van der Waals surface area contributed by atoms with Gasteiger partial charge < -0.3 is 14.6 Å². The Morgan fingerprint density at radius 2 is 1.96 bits per heavy atom. The van der Waals surface area contributed by atoms with Gasteiger partial charge in [-0.25, -0.2) is 0 Å². The highest BCUT2D eigenvalue weighted by Crippen LogP contribution is 2.25. The topological polar surface area (TPSA) is 88.2 Å². The van der Waals surface area contributed by atoms with E-state index in [-0.39, 0.29) is 17.6 Å². The highest BCUT2D eigenvalue weighted by molar-refractivity contribution is 5.93. The van der Waals surface area contributed by atoms with Gasteiger partial charge in [-0.3, -0.25) is 9.59 Å².